The van der Waals surface area contributed by atoms with Gasteiger partial charge in [0.15, 0.2) is 11.5 Å². The second-order valence-corrected chi connectivity index (χ2v) is 11.1. The van der Waals surface area contributed by atoms with E-state index >= 15 is 0 Å². The van der Waals surface area contributed by atoms with Gasteiger partial charge in [0.1, 0.15) is 41.3 Å². The summed E-state index contributed by atoms with van der Waals surface area (Å²) in [5, 5.41) is 0.492. The van der Waals surface area contributed by atoms with Crippen molar-refractivity contribution in [2.75, 3.05) is 27.4 Å². The van der Waals surface area contributed by atoms with Crippen LogP contribution in [0.25, 0.3) is 0 Å². The highest BCUT2D eigenvalue weighted by Gasteiger charge is 2.52. The number of hydrogen-bond donors (Lipinski definition) is 0. The van der Waals surface area contributed by atoms with E-state index in [1.54, 1.807) is 19.1 Å². The normalized spacial score (nSPS) is 23.0. The molecule has 2 aromatic carbocycles. The highest BCUT2D eigenvalue weighted by atomic mass is 32.2. The number of unbranched alkanes of at least 4 members (excludes halogenated alkanes) is 1. The van der Waals surface area contributed by atoms with Gasteiger partial charge in [0.05, 0.1) is 34.0 Å². The standard InChI is InChI=1S/C31H40N2O8S/c1-5-7-17-38-31(35)33(16-6-2)30-32-26-28(40-20-22-10-14-24(37-4)15-11-22)27(25(18-34)41-29(26)42-30)39-19-21-8-12-23(36-3)13-9-21/h8-15,18,25-29H,5-7,16-17,19-20H2,1-4H3/t25-,26-,27-,28-,29-/m1/s1. The Bertz CT molecular complexity index is 1180. The molecule has 11 heteroatoms. The molecular weight excluding hydrogens is 560 g/mol. The Balaban J connectivity index is 1.58. The van der Waals surface area contributed by atoms with Gasteiger partial charge >= 0.3 is 6.09 Å². The maximum atomic E-state index is 13.0. The Morgan fingerprint density at radius 2 is 1.52 bits per heavy atom. The van der Waals surface area contributed by atoms with Gasteiger partial charge in [-0.2, -0.15) is 0 Å². The number of benzene rings is 2. The highest BCUT2D eigenvalue weighted by Crippen LogP contribution is 2.40. The predicted molar refractivity (Wildman–Crippen MR) is 160 cm³/mol. The third kappa shape index (κ3) is 8.03. The molecule has 1 saturated heterocycles. The lowest BCUT2D eigenvalue weighted by atomic mass is 9.98. The lowest BCUT2D eigenvalue weighted by Crippen LogP contribution is -2.57. The van der Waals surface area contributed by atoms with Crippen LogP contribution in [0.15, 0.2) is 53.5 Å². The van der Waals surface area contributed by atoms with E-state index in [-0.39, 0.29) is 13.2 Å². The molecule has 0 radical (unpaired) electrons. The van der Waals surface area contributed by atoms with Crippen LogP contribution in [0.5, 0.6) is 11.5 Å². The average Bonchev–Trinajstić information content (AvgIpc) is 3.45. The molecule has 0 aliphatic carbocycles. The van der Waals surface area contributed by atoms with Gasteiger partial charge in [-0.3, -0.25) is 9.89 Å². The van der Waals surface area contributed by atoms with E-state index in [4.69, 9.17) is 33.4 Å². The summed E-state index contributed by atoms with van der Waals surface area (Å²) in [4.78, 5) is 31.7. The van der Waals surface area contributed by atoms with E-state index in [2.05, 4.69) is 0 Å². The maximum absolute atomic E-state index is 13.0. The minimum Gasteiger partial charge on any atom is -0.497 e. The van der Waals surface area contributed by atoms with Gasteiger partial charge < -0.3 is 33.2 Å². The molecule has 2 aliphatic heterocycles. The monoisotopic (exact) mass is 600 g/mol. The lowest BCUT2D eigenvalue weighted by molar-refractivity contribution is -0.193. The Hall–Kier alpha value is -3.12. The fourth-order valence-electron chi connectivity index (χ4n) is 4.67. The van der Waals surface area contributed by atoms with Crippen molar-refractivity contribution in [1.29, 1.82) is 0 Å². The van der Waals surface area contributed by atoms with Crippen LogP contribution in [0.1, 0.15) is 44.2 Å². The second kappa shape index (κ2) is 15.9. The van der Waals surface area contributed by atoms with E-state index in [0.717, 1.165) is 48.2 Å². The van der Waals surface area contributed by atoms with E-state index in [1.807, 2.05) is 62.4 Å². The van der Waals surface area contributed by atoms with Crippen molar-refractivity contribution in [2.45, 2.75) is 76.1 Å². The topological polar surface area (TPSA) is 105 Å². The minimum atomic E-state index is -0.886. The van der Waals surface area contributed by atoms with Crippen LogP contribution in [-0.2, 0) is 37.0 Å². The van der Waals surface area contributed by atoms with Crippen molar-refractivity contribution in [3.8, 4) is 11.5 Å². The zero-order chi connectivity index (χ0) is 29.9. The summed E-state index contributed by atoms with van der Waals surface area (Å²) < 4.78 is 35.0. The molecule has 0 N–H and O–H groups in total. The van der Waals surface area contributed by atoms with Gasteiger partial charge in [-0.1, -0.05) is 56.3 Å². The third-order valence-corrected chi connectivity index (χ3v) is 8.15. The summed E-state index contributed by atoms with van der Waals surface area (Å²) in [6.45, 7) is 5.32. The van der Waals surface area contributed by atoms with Crippen molar-refractivity contribution in [3.05, 3.63) is 59.7 Å². The highest BCUT2D eigenvalue weighted by molar-refractivity contribution is 8.14. The van der Waals surface area contributed by atoms with E-state index < -0.39 is 35.9 Å². The fraction of sp³-hybridized carbons (Fsp3) is 0.516. The molecular formula is C31H40N2O8S. The van der Waals surface area contributed by atoms with Gasteiger partial charge in [0, 0.05) is 6.54 Å². The van der Waals surface area contributed by atoms with Crippen LogP contribution >= 0.6 is 11.8 Å². The Morgan fingerprint density at radius 3 is 2.05 bits per heavy atom. The molecule has 1 amide bonds. The van der Waals surface area contributed by atoms with Gasteiger partial charge in [-0.05, 0) is 48.2 Å². The largest absolute Gasteiger partial charge is 0.497 e. The Labute approximate surface area is 251 Å². The van der Waals surface area contributed by atoms with E-state index in [9.17, 15) is 9.59 Å². The molecule has 42 heavy (non-hydrogen) atoms. The molecule has 228 valence electrons. The molecule has 2 aliphatic rings. The number of carbonyl (C=O) groups excluding carboxylic acids is 2. The van der Waals surface area contributed by atoms with Crippen molar-refractivity contribution < 1.29 is 38.0 Å². The lowest BCUT2D eigenvalue weighted by Gasteiger charge is -2.40. The summed E-state index contributed by atoms with van der Waals surface area (Å²) >= 11 is 1.31. The molecule has 10 nitrogen and oxygen atoms in total. The molecule has 0 aromatic heterocycles. The van der Waals surface area contributed by atoms with E-state index in [1.165, 1.54) is 11.8 Å². The first kappa shape index (κ1) is 31.8. The first-order chi connectivity index (χ1) is 20.5. The van der Waals surface area contributed by atoms with Gasteiger partial charge in [0.2, 0.25) is 0 Å². The number of aldehydes is 1. The van der Waals surface area contributed by atoms with Crippen molar-refractivity contribution in [3.63, 3.8) is 0 Å². The number of fused-ring (bicyclic) bond motifs is 1. The zero-order valence-corrected chi connectivity index (χ0v) is 25.4. The molecule has 5 atom stereocenters. The van der Waals surface area contributed by atoms with Crippen LogP contribution < -0.4 is 9.47 Å². The minimum absolute atomic E-state index is 0.234. The van der Waals surface area contributed by atoms with Crippen molar-refractivity contribution >= 4 is 29.3 Å². The second-order valence-electron chi connectivity index (χ2n) is 9.99. The number of rotatable bonds is 14. The number of nitrogens with zero attached hydrogens (tertiary/aromatic N) is 2. The van der Waals surface area contributed by atoms with Crippen LogP contribution in [-0.4, -0.2) is 79.6 Å². The summed E-state index contributed by atoms with van der Waals surface area (Å²) in [6.07, 6.45) is 0.504. The molecule has 0 saturated carbocycles. The van der Waals surface area contributed by atoms with Gasteiger partial charge in [0.25, 0.3) is 0 Å². The Morgan fingerprint density at radius 1 is 0.929 bits per heavy atom. The van der Waals surface area contributed by atoms with E-state index in [0.29, 0.717) is 18.3 Å². The maximum Gasteiger partial charge on any atom is 0.415 e. The number of thioether (sulfide) groups is 1. The van der Waals surface area contributed by atoms with Gasteiger partial charge in [-0.15, -0.1) is 0 Å². The van der Waals surface area contributed by atoms with Crippen LogP contribution in [0.3, 0.4) is 0 Å². The summed E-state index contributed by atoms with van der Waals surface area (Å²) in [6, 6.07) is 14.6. The predicted octanol–water partition coefficient (Wildman–Crippen LogP) is 5.22. The molecule has 0 bridgehead atoms. The molecule has 0 unspecified atom stereocenters. The zero-order valence-electron chi connectivity index (χ0n) is 24.6. The number of amidine groups is 1. The van der Waals surface area contributed by atoms with Crippen molar-refractivity contribution in [1.82, 2.24) is 4.90 Å². The van der Waals surface area contributed by atoms with Gasteiger partial charge in [-0.25, -0.2) is 4.79 Å². The summed E-state index contributed by atoms with van der Waals surface area (Å²) in [7, 11) is 3.23. The number of amides is 1. The smallest absolute Gasteiger partial charge is 0.415 e. The third-order valence-electron chi connectivity index (χ3n) is 6.99. The molecule has 4 rings (SSSR count). The first-order valence-electron chi connectivity index (χ1n) is 14.3. The number of ether oxygens (including phenoxy) is 6. The molecule has 1 fully saturated rings. The average molecular weight is 601 g/mol. The Kier molecular flexibility index (Phi) is 12.1. The summed E-state index contributed by atoms with van der Waals surface area (Å²) in [5.74, 6) is 1.48. The molecule has 2 aromatic rings. The SMILES string of the molecule is CCCCOC(=O)N(CCC)C1=N[C@@H]2[C@@H](OCc3ccc(OC)cc3)[C@H](OCc3ccc(OC)cc3)[C@@H](C=O)O[C@@H]2S1. The molecule has 2 heterocycles. The quantitative estimate of drug-likeness (QED) is 0.213. The molecule has 0 spiro atoms. The number of aliphatic imine (C=N–C) groups is 1. The van der Waals surface area contributed by atoms with Crippen molar-refractivity contribution in [2.24, 2.45) is 4.99 Å². The number of carbonyl (C=O) groups is 2. The number of hydrogen-bond acceptors (Lipinski definition) is 10. The van der Waals surface area contributed by atoms with Crippen LogP contribution in [0.4, 0.5) is 4.79 Å². The first-order valence-corrected chi connectivity index (χ1v) is 15.2. The van der Waals surface area contributed by atoms with Crippen LogP contribution in [0.2, 0.25) is 0 Å². The summed E-state index contributed by atoms with van der Waals surface area (Å²) in [5.41, 5.74) is 1.31. The van der Waals surface area contributed by atoms with Crippen LogP contribution in [0, 0.1) is 0 Å². The fourth-order valence-corrected chi connectivity index (χ4v) is 5.89. The number of methoxy groups -OCH3 is 2.